The van der Waals surface area contributed by atoms with E-state index >= 15 is 0 Å². The molecule has 3 aromatic rings. The molecule has 0 unspecified atom stereocenters. The number of aliphatic imine (C=N–C) groups is 1. The van der Waals surface area contributed by atoms with Gasteiger partial charge in [0.05, 0.1) is 22.3 Å². The molecule has 156 valence electrons. The monoisotopic (exact) mass is 483 g/mol. The Hall–Kier alpha value is -2.25. The first-order chi connectivity index (χ1) is 14.3. The third kappa shape index (κ3) is 5.67. The van der Waals surface area contributed by atoms with Crippen LogP contribution in [0.1, 0.15) is 12.5 Å². The van der Waals surface area contributed by atoms with Crippen molar-refractivity contribution in [1.29, 1.82) is 0 Å². The molecule has 0 spiro atoms. The van der Waals surface area contributed by atoms with E-state index in [9.17, 15) is 8.42 Å². The molecule has 5 nitrogen and oxygen atoms in total. The van der Waals surface area contributed by atoms with Crippen molar-refractivity contribution in [2.24, 2.45) is 4.99 Å². The van der Waals surface area contributed by atoms with Crippen LogP contribution in [-0.4, -0.2) is 21.2 Å². The van der Waals surface area contributed by atoms with E-state index in [-0.39, 0.29) is 20.7 Å². The van der Waals surface area contributed by atoms with Gasteiger partial charge in [-0.1, -0.05) is 34.8 Å². The summed E-state index contributed by atoms with van der Waals surface area (Å²) in [5, 5.41) is 0.475. The van der Waals surface area contributed by atoms with E-state index in [0.717, 1.165) is 5.75 Å². The highest BCUT2D eigenvalue weighted by molar-refractivity contribution is 7.87. The number of hydrogen-bond acceptors (Lipinski definition) is 5. The molecular formula is C21H16Cl3NO4S. The van der Waals surface area contributed by atoms with Crippen LogP contribution in [0.25, 0.3) is 0 Å². The smallest absolute Gasteiger partial charge is 0.339 e. The van der Waals surface area contributed by atoms with Crippen molar-refractivity contribution < 1.29 is 17.3 Å². The van der Waals surface area contributed by atoms with Gasteiger partial charge < -0.3 is 8.92 Å². The number of halogens is 3. The zero-order valence-electron chi connectivity index (χ0n) is 15.7. The quantitative estimate of drug-likeness (QED) is 0.281. The molecule has 3 rings (SSSR count). The molecule has 0 atom stereocenters. The summed E-state index contributed by atoms with van der Waals surface area (Å²) in [5.74, 6) is 0.595. The highest BCUT2D eigenvalue weighted by atomic mass is 35.5. The second-order valence-corrected chi connectivity index (χ2v) is 8.79. The van der Waals surface area contributed by atoms with Crippen molar-refractivity contribution in [1.82, 2.24) is 0 Å². The van der Waals surface area contributed by atoms with Crippen molar-refractivity contribution in [2.75, 3.05) is 6.61 Å². The second kappa shape index (κ2) is 9.71. The summed E-state index contributed by atoms with van der Waals surface area (Å²) < 4.78 is 35.5. The highest BCUT2D eigenvalue weighted by Crippen LogP contribution is 2.36. The Balaban J connectivity index is 1.80. The molecule has 0 heterocycles. The highest BCUT2D eigenvalue weighted by Gasteiger charge is 2.21. The van der Waals surface area contributed by atoms with Crippen molar-refractivity contribution in [3.05, 3.63) is 81.3 Å². The van der Waals surface area contributed by atoms with E-state index in [1.807, 2.05) is 19.1 Å². The summed E-state index contributed by atoms with van der Waals surface area (Å²) in [4.78, 5) is 4.28. The molecule has 0 aromatic heterocycles. The Morgan fingerprint density at radius 3 is 2.10 bits per heavy atom. The molecule has 0 aliphatic carbocycles. The summed E-state index contributed by atoms with van der Waals surface area (Å²) in [5.41, 5.74) is 1.28. The first-order valence-electron chi connectivity index (χ1n) is 8.74. The van der Waals surface area contributed by atoms with E-state index in [2.05, 4.69) is 4.99 Å². The minimum Gasteiger partial charge on any atom is -0.494 e. The lowest BCUT2D eigenvalue weighted by Crippen LogP contribution is -2.10. The van der Waals surface area contributed by atoms with Crippen LogP contribution in [0.5, 0.6) is 11.5 Å². The fraction of sp³-hybridized carbons (Fsp3) is 0.0952. The van der Waals surface area contributed by atoms with Crippen LogP contribution in [0, 0.1) is 0 Å². The molecule has 0 N–H and O–H groups in total. The first-order valence-corrected chi connectivity index (χ1v) is 11.3. The van der Waals surface area contributed by atoms with Gasteiger partial charge in [0.15, 0.2) is 5.75 Å². The number of hydrogen-bond donors (Lipinski definition) is 0. The van der Waals surface area contributed by atoms with E-state index in [1.54, 1.807) is 18.3 Å². The summed E-state index contributed by atoms with van der Waals surface area (Å²) in [6, 6.07) is 15.8. The standard InChI is InChI=1S/C21H16Cl3NO4S/c1-2-28-17-7-5-16(6-8-17)25-13-14-11-19(23)21(20(24)12-14)29-30(26,27)18-9-3-15(22)4-10-18/h3-13H,2H2,1H3. The maximum atomic E-state index is 12.5. The predicted molar refractivity (Wildman–Crippen MR) is 121 cm³/mol. The fourth-order valence-corrected chi connectivity index (χ4v) is 4.20. The van der Waals surface area contributed by atoms with Gasteiger partial charge in [0.1, 0.15) is 10.6 Å². The van der Waals surface area contributed by atoms with E-state index in [4.69, 9.17) is 43.7 Å². The molecule has 3 aromatic carbocycles. The molecule has 9 heteroatoms. The van der Waals surface area contributed by atoms with E-state index in [0.29, 0.717) is 22.9 Å². The van der Waals surface area contributed by atoms with Crippen LogP contribution in [0.3, 0.4) is 0 Å². The minimum absolute atomic E-state index is 0.0354. The molecule has 0 bridgehead atoms. The normalized spacial score (nSPS) is 11.6. The Labute approximate surface area is 190 Å². The van der Waals surface area contributed by atoms with E-state index < -0.39 is 10.1 Å². The number of nitrogens with zero attached hydrogens (tertiary/aromatic N) is 1. The van der Waals surface area contributed by atoms with Crippen molar-refractivity contribution in [3.63, 3.8) is 0 Å². The van der Waals surface area contributed by atoms with Crippen LogP contribution in [0.15, 0.2) is 70.6 Å². The van der Waals surface area contributed by atoms with Crippen LogP contribution in [0.4, 0.5) is 5.69 Å². The average molecular weight is 485 g/mol. The lowest BCUT2D eigenvalue weighted by atomic mass is 10.2. The number of rotatable bonds is 7. The third-order valence-electron chi connectivity index (χ3n) is 3.83. The first kappa shape index (κ1) is 22.4. The molecule has 0 saturated heterocycles. The van der Waals surface area contributed by atoms with Gasteiger partial charge in [-0.2, -0.15) is 8.42 Å². The van der Waals surface area contributed by atoms with Gasteiger partial charge in [0.2, 0.25) is 0 Å². The van der Waals surface area contributed by atoms with Gasteiger partial charge in [0.25, 0.3) is 0 Å². The van der Waals surface area contributed by atoms with Crippen LogP contribution in [0.2, 0.25) is 15.1 Å². The van der Waals surface area contributed by atoms with Crippen molar-refractivity contribution >= 4 is 56.8 Å². The van der Waals surface area contributed by atoms with E-state index in [1.165, 1.54) is 36.4 Å². The largest absolute Gasteiger partial charge is 0.494 e. The van der Waals surface area contributed by atoms with Gasteiger partial charge >= 0.3 is 10.1 Å². The molecule has 30 heavy (non-hydrogen) atoms. The van der Waals surface area contributed by atoms with Crippen LogP contribution in [-0.2, 0) is 10.1 Å². The average Bonchev–Trinajstić information content (AvgIpc) is 2.71. The topological polar surface area (TPSA) is 65.0 Å². The van der Waals surface area contributed by atoms with Gasteiger partial charge in [-0.25, -0.2) is 0 Å². The fourth-order valence-electron chi connectivity index (χ4n) is 2.44. The number of benzene rings is 3. The van der Waals surface area contributed by atoms with Gasteiger partial charge in [0, 0.05) is 11.2 Å². The molecular weight excluding hydrogens is 469 g/mol. The second-order valence-electron chi connectivity index (χ2n) is 5.99. The summed E-state index contributed by atoms with van der Waals surface area (Å²) in [6.45, 7) is 2.50. The summed E-state index contributed by atoms with van der Waals surface area (Å²) >= 11 is 18.2. The summed E-state index contributed by atoms with van der Waals surface area (Å²) in [7, 11) is -4.13. The lowest BCUT2D eigenvalue weighted by molar-refractivity contribution is 0.340. The van der Waals surface area contributed by atoms with Crippen molar-refractivity contribution in [3.8, 4) is 11.5 Å². The Morgan fingerprint density at radius 2 is 1.53 bits per heavy atom. The molecule has 0 fully saturated rings. The molecule has 0 amide bonds. The zero-order valence-corrected chi connectivity index (χ0v) is 18.8. The predicted octanol–water partition coefficient (Wildman–Crippen LogP) is 6.56. The molecule has 0 aliphatic heterocycles. The molecule has 0 radical (unpaired) electrons. The van der Waals surface area contributed by atoms with Gasteiger partial charge in [-0.05, 0) is 73.2 Å². The maximum Gasteiger partial charge on any atom is 0.339 e. The Morgan fingerprint density at radius 1 is 0.933 bits per heavy atom. The van der Waals surface area contributed by atoms with Gasteiger partial charge in [-0.3, -0.25) is 4.99 Å². The van der Waals surface area contributed by atoms with Crippen LogP contribution < -0.4 is 8.92 Å². The maximum absolute atomic E-state index is 12.5. The number of ether oxygens (including phenoxy) is 1. The SMILES string of the molecule is CCOc1ccc(N=Cc2cc(Cl)c(OS(=O)(=O)c3ccc(Cl)cc3)c(Cl)c2)cc1. The van der Waals surface area contributed by atoms with Gasteiger partial charge in [-0.15, -0.1) is 0 Å². The lowest BCUT2D eigenvalue weighted by Gasteiger charge is -2.11. The zero-order chi connectivity index (χ0) is 21.7. The van der Waals surface area contributed by atoms with Crippen LogP contribution >= 0.6 is 34.8 Å². The minimum atomic E-state index is -4.13. The Bertz CT molecular complexity index is 1140. The third-order valence-corrected chi connectivity index (χ3v) is 5.88. The summed E-state index contributed by atoms with van der Waals surface area (Å²) in [6.07, 6.45) is 1.56. The molecule has 0 aliphatic rings. The molecule has 0 saturated carbocycles. The Kier molecular flexibility index (Phi) is 7.26. The van der Waals surface area contributed by atoms with Crippen molar-refractivity contribution in [2.45, 2.75) is 11.8 Å².